The first kappa shape index (κ1) is 18.8. The first-order valence-corrected chi connectivity index (χ1v) is 7.23. The van der Waals surface area contributed by atoms with Crippen molar-refractivity contribution in [3.63, 3.8) is 0 Å². The molecule has 5 heteroatoms. The van der Waals surface area contributed by atoms with Crippen molar-refractivity contribution in [3.8, 4) is 5.75 Å². The Hall–Kier alpha value is -2.27. The van der Waals surface area contributed by atoms with Crippen LogP contribution in [-0.4, -0.2) is 40.5 Å². The van der Waals surface area contributed by atoms with E-state index in [-0.39, 0.29) is 12.0 Å². The molecule has 0 aliphatic heterocycles. The van der Waals surface area contributed by atoms with E-state index in [9.17, 15) is 4.79 Å². The zero-order chi connectivity index (χ0) is 17.2. The van der Waals surface area contributed by atoms with E-state index in [1.165, 1.54) is 20.5 Å². The van der Waals surface area contributed by atoms with Crippen LogP contribution in [0.3, 0.4) is 0 Å². The molecule has 0 fully saturated rings. The molecule has 2 atom stereocenters. The Morgan fingerprint density at radius 1 is 1.09 bits per heavy atom. The number of esters is 1. The zero-order valence-electron chi connectivity index (χ0n) is 14.2. The van der Waals surface area contributed by atoms with E-state index in [1.54, 1.807) is 14.2 Å². The second kappa shape index (κ2) is 9.69. The van der Waals surface area contributed by atoms with E-state index in [4.69, 9.17) is 18.9 Å². The van der Waals surface area contributed by atoms with Crippen molar-refractivity contribution in [3.05, 3.63) is 47.7 Å². The van der Waals surface area contributed by atoms with E-state index in [0.29, 0.717) is 5.57 Å². The second-order valence-electron chi connectivity index (χ2n) is 4.92. The van der Waals surface area contributed by atoms with Crippen molar-refractivity contribution in [1.82, 2.24) is 0 Å². The van der Waals surface area contributed by atoms with Gasteiger partial charge in [-0.1, -0.05) is 31.2 Å². The predicted molar refractivity (Wildman–Crippen MR) is 89.1 cm³/mol. The molecule has 1 aromatic carbocycles. The fourth-order valence-electron chi connectivity index (χ4n) is 2.13. The summed E-state index contributed by atoms with van der Waals surface area (Å²) in [7, 11) is 6.06. The van der Waals surface area contributed by atoms with Gasteiger partial charge in [-0.2, -0.15) is 0 Å². The van der Waals surface area contributed by atoms with Crippen LogP contribution >= 0.6 is 0 Å². The molecule has 126 valence electrons. The SMILES string of the molecule is COC=C(C(=O)OC)C(C)C(C=Cc1ccc(OC)cc1)OC. The minimum Gasteiger partial charge on any atom is -0.504 e. The molecule has 0 N–H and O–H groups in total. The number of ether oxygens (including phenoxy) is 4. The third-order valence-electron chi connectivity index (χ3n) is 3.52. The van der Waals surface area contributed by atoms with Gasteiger partial charge in [-0.25, -0.2) is 4.79 Å². The van der Waals surface area contributed by atoms with Crippen molar-refractivity contribution in [2.24, 2.45) is 5.92 Å². The van der Waals surface area contributed by atoms with Gasteiger partial charge in [-0.15, -0.1) is 0 Å². The predicted octanol–water partition coefficient (Wildman–Crippen LogP) is 3.06. The van der Waals surface area contributed by atoms with Crippen LogP contribution in [0.5, 0.6) is 5.75 Å². The van der Waals surface area contributed by atoms with Crippen molar-refractivity contribution < 1.29 is 23.7 Å². The molecule has 0 amide bonds. The molecule has 0 aliphatic carbocycles. The van der Waals surface area contributed by atoms with Crippen LogP contribution < -0.4 is 4.74 Å². The third-order valence-corrected chi connectivity index (χ3v) is 3.52. The van der Waals surface area contributed by atoms with Crippen molar-refractivity contribution in [1.29, 1.82) is 0 Å². The van der Waals surface area contributed by atoms with Gasteiger partial charge in [0.1, 0.15) is 5.75 Å². The first-order valence-electron chi connectivity index (χ1n) is 7.23. The zero-order valence-corrected chi connectivity index (χ0v) is 14.2. The van der Waals surface area contributed by atoms with Crippen LogP contribution in [0.1, 0.15) is 12.5 Å². The number of carbonyl (C=O) groups excluding carboxylic acids is 1. The summed E-state index contributed by atoms with van der Waals surface area (Å²) < 4.78 is 20.4. The second-order valence-corrected chi connectivity index (χ2v) is 4.92. The van der Waals surface area contributed by atoms with E-state index in [1.807, 2.05) is 43.3 Å². The summed E-state index contributed by atoms with van der Waals surface area (Å²) in [4.78, 5) is 11.8. The lowest BCUT2D eigenvalue weighted by Gasteiger charge is -2.20. The van der Waals surface area contributed by atoms with E-state index < -0.39 is 5.97 Å². The van der Waals surface area contributed by atoms with Crippen molar-refractivity contribution in [2.75, 3.05) is 28.4 Å². The van der Waals surface area contributed by atoms with Crippen LogP contribution in [0, 0.1) is 5.92 Å². The summed E-state index contributed by atoms with van der Waals surface area (Å²) in [6.07, 6.45) is 4.94. The van der Waals surface area contributed by atoms with Gasteiger partial charge in [0, 0.05) is 13.0 Å². The van der Waals surface area contributed by atoms with E-state index in [0.717, 1.165) is 11.3 Å². The maximum absolute atomic E-state index is 11.8. The van der Waals surface area contributed by atoms with Crippen LogP contribution in [-0.2, 0) is 19.0 Å². The molecular weight excluding hydrogens is 296 g/mol. The topological polar surface area (TPSA) is 54.0 Å². The van der Waals surface area contributed by atoms with Crippen LogP contribution in [0.25, 0.3) is 6.08 Å². The summed E-state index contributed by atoms with van der Waals surface area (Å²) in [5.74, 6) is 0.149. The molecule has 0 heterocycles. The average molecular weight is 320 g/mol. The first-order chi connectivity index (χ1) is 11.1. The molecule has 2 unspecified atom stereocenters. The lowest BCUT2D eigenvalue weighted by atomic mass is 9.95. The van der Waals surface area contributed by atoms with Gasteiger partial charge in [-0.3, -0.25) is 0 Å². The van der Waals surface area contributed by atoms with Gasteiger partial charge < -0.3 is 18.9 Å². The molecule has 0 saturated heterocycles. The summed E-state index contributed by atoms with van der Waals surface area (Å²) in [5, 5.41) is 0. The lowest BCUT2D eigenvalue weighted by molar-refractivity contribution is -0.137. The van der Waals surface area contributed by atoms with Crippen molar-refractivity contribution >= 4 is 12.0 Å². The maximum atomic E-state index is 11.8. The van der Waals surface area contributed by atoms with E-state index >= 15 is 0 Å². The highest BCUT2D eigenvalue weighted by atomic mass is 16.5. The summed E-state index contributed by atoms with van der Waals surface area (Å²) >= 11 is 0. The number of benzene rings is 1. The summed E-state index contributed by atoms with van der Waals surface area (Å²) in [6.45, 7) is 1.88. The Labute approximate surface area is 137 Å². The van der Waals surface area contributed by atoms with Gasteiger partial charge in [0.2, 0.25) is 0 Å². The molecule has 0 aromatic heterocycles. The molecule has 1 rings (SSSR count). The molecule has 0 bridgehead atoms. The molecule has 1 aromatic rings. The monoisotopic (exact) mass is 320 g/mol. The minimum absolute atomic E-state index is 0.220. The molecule has 0 radical (unpaired) electrons. The molecule has 0 saturated carbocycles. The average Bonchev–Trinajstić information content (AvgIpc) is 2.59. The Balaban J connectivity index is 2.90. The molecular formula is C18H24O5. The summed E-state index contributed by atoms with van der Waals surface area (Å²) in [6, 6.07) is 7.66. The molecule has 0 aliphatic rings. The lowest BCUT2D eigenvalue weighted by Crippen LogP contribution is -2.24. The molecule has 5 nitrogen and oxygen atoms in total. The van der Waals surface area contributed by atoms with Gasteiger partial charge in [0.25, 0.3) is 0 Å². The Bertz CT molecular complexity index is 545. The Morgan fingerprint density at radius 2 is 1.74 bits per heavy atom. The number of hydrogen-bond acceptors (Lipinski definition) is 5. The van der Waals surface area contributed by atoms with Gasteiger partial charge in [0.05, 0.1) is 39.3 Å². The van der Waals surface area contributed by atoms with Gasteiger partial charge in [-0.05, 0) is 17.7 Å². The Morgan fingerprint density at radius 3 is 2.22 bits per heavy atom. The normalized spacial score (nSPS) is 14.4. The van der Waals surface area contributed by atoms with E-state index in [2.05, 4.69) is 0 Å². The fourth-order valence-corrected chi connectivity index (χ4v) is 2.13. The number of carbonyl (C=O) groups is 1. The van der Waals surface area contributed by atoms with Crippen LogP contribution in [0.4, 0.5) is 0 Å². The van der Waals surface area contributed by atoms with Gasteiger partial charge in [0.15, 0.2) is 0 Å². The fraction of sp³-hybridized carbons (Fsp3) is 0.389. The number of hydrogen-bond donors (Lipinski definition) is 0. The highest BCUT2D eigenvalue weighted by Crippen LogP contribution is 2.21. The maximum Gasteiger partial charge on any atom is 0.337 e. The van der Waals surface area contributed by atoms with Crippen LogP contribution in [0.2, 0.25) is 0 Å². The highest BCUT2D eigenvalue weighted by molar-refractivity contribution is 5.88. The van der Waals surface area contributed by atoms with Crippen molar-refractivity contribution in [2.45, 2.75) is 13.0 Å². The van der Waals surface area contributed by atoms with Gasteiger partial charge >= 0.3 is 5.97 Å². The highest BCUT2D eigenvalue weighted by Gasteiger charge is 2.24. The smallest absolute Gasteiger partial charge is 0.337 e. The standard InChI is InChI=1S/C18H24O5/c1-13(16(12-20-2)18(19)23-5)17(22-4)11-8-14-6-9-15(21-3)10-7-14/h6-13,17H,1-5H3. The summed E-state index contributed by atoms with van der Waals surface area (Å²) in [5.41, 5.74) is 1.43. The van der Waals surface area contributed by atoms with Crippen LogP contribution in [0.15, 0.2) is 42.2 Å². The largest absolute Gasteiger partial charge is 0.504 e. The number of rotatable bonds is 8. The minimum atomic E-state index is -0.431. The quantitative estimate of drug-likeness (QED) is 0.418. The molecule has 0 spiro atoms. The third kappa shape index (κ3) is 5.45. The Kier molecular flexibility index (Phi) is 7.91. The molecule has 23 heavy (non-hydrogen) atoms. The number of methoxy groups -OCH3 is 4.